The Morgan fingerprint density at radius 2 is 1.64 bits per heavy atom. The van der Waals surface area contributed by atoms with Gasteiger partial charge in [-0.15, -0.1) is 0 Å². The smallest absolute Gasteiger partial charge is 0.278 e. The van der Waals surface area contributed by atoms with E-state index in [0.29, 0.717) is 21.8 Å². The highest BCUT2D eigenvalue weighted by atomic mass is 35.5. The number of nitro benzene ring substituents is 1. The minimum absolute atomic E-state index is 0.00198. The molecule has 172 valence electrons. The summed E-state index contributed by atoms with van der Waals surface area (Å²) in [5, 5.41) is 11.8. The van der Waals surface area contributed by atoms with E-state index in [0.717, 1.165) is 43.6 Å². The van der Waals surface area contributed by atoms with Gasteiger partial charge < -0.3 is 9.47 Å². The van der Waals surface area contributed by atoms with Crippen LogP contribution in [0.2, 0.25) is 10.0 Å². The summed E-state index contributed by atoms with van der Waals surface area (Å²) in [6, 6.07) is 12.0. The van der Waals surface area contributed by atoms with E-state index in [1.165, 1.54) is 0 Å². The summed E-state index contributed by atoms with van der Waals surface area (Å²) in [6.45, 7) is 2.70. The Hall–Kier alpha value is -2.94. The number of piperidine rings is 1. The highest BCUT2D eigenvalue weighted by molar-refractivity contribution is 6.42. The number of likely N-dealkylation sites (tertiary alicyclic amines) is 1. The van der Waals surface area contributed by atoms with Crippen LogP contribution in [0, 0.1) is 10.1 Å². The first-order valence-electron chi connectivity index (χ1n) is 10.5. The van der Waals surface area contributed by atoms with Crippen LogP contribution in [0.5, 0.6) is 11.8 Å². The van der Waals surface area contributed by atoms with Crippen LogP contribution in [0.1, 0.15) is 24.0 Å². The van der Waals surface area contributed by atoms with Gasteiger partial charge in [0.1, 0.15) is 12.7 Å². The lowest BCUT2D eigenvalue weighted by Gasteiger charge is -2.32. The van der Waals surface area contributed by atoms with Crippen LogP contribution in [-0.2, 0) is 13.2 Å². The summed E-state index contributed by atoms with van der Waals surface area (Å²) < 4.78 is 11.9. The molecule has 2 heterocycles. The van der Waals surface area contributed by atoms with Crippen molar-refractivity contribution in [3.05, 3.63) is 86.1 Å². The number of non-ortho nitro benzene ring substituents is 1. The van der Waals surface area contributed by atoms with Gasteiger partial charge in [0, 0.05) is 44.2 Å². The van der Waals surface area contributed by atoms with Gasteiger partial charge in [-0.25, -0.2) is 9.97 Å². The lowest BCUT2D eigenvalue weighted by molar-refractivity contribution is -0.384. The molecule has 2 aromatic carbocycles. The van der Waals surface area contributed by atoms with Gasteiger partial charge in [-0.1, -0.05) is 41.4 Å². The molecule has 0 atom stereocenters. The Labute approximate surface area is 201 Å². The second-order valence-corrected chi connectivity index (χ2v) is 8.54. The SMILES string of the molecule is O=[N+]([O-])c1ccc(CN2CCC(Oc3nccnc3OCc3ccc(Cl)c(Cl)c3)CC2)cc1. The van der Waals surface area contributed by atoms with Gasteiger partial charge in [-0.05, 0) is 36.1 Å². The summed E-state index contributed by atoms with van der Waals surface area (Å²) in [6.07, 6.45) is 4.79. The molecule has 0 N–H and O–H groups in total. The minimum Gasteiger partial charge on any atom is -0.470 e. The quantitative estimate of drug-likeness (QED) is 0.313. The second kappa shape index (κ2) is 10.8. The molecular weight excluding hydrogens is 467 g/mol. The van der Waals surface area contributed by atoms with Crippen molar-refractivity contribution in [2.75, 3.05) is 13.1 Å². The Bertz CT molecular complexity index is 1110. The molecule has 0 aliphatic carbocycles. The van der Waals surface area contributed by atoms with E-state index >= 15 is 0 Å². The third kappa shape index (κ3) is 6.31. The summed E-state index contributed by atoms with van der Waals surface area (Å²) in [5.74, 6) is 0.697. The van der Waals surface area contributed by atoms with Crippen molar-refractivity contribution in [3.8, 4) is 11.8 Å². The van der Waals surface area contributed by atoms with E-state index in [-0.39, 0.29) is 23.3 Å². The van der Waals surface area contributed by atoms with Crippen LogP contribution in [0.4, 0.5) is 5.69 Å². The van der Waals surface area contributed by atoms with Crippen LogP contribution in [0.25, 0.3) is 0 Å². The number of rotatable bonds is 8. The van der Waals surface area contributed by atoms with Crippen molar-refractivity contribution < 1.29 is 14.4 Å². The Morgan fingerprint density at radius 1 is 0.970 bits per heavy atom. The van der Waals surface area contributed by atoms with Crippen LogP contribution >= 0.6 is 23.2 Å². The molecule has 1 aliphatic rings. The van der Waals surface area contributed by atoms with Gasteiger partial charge in [0.25, 0.3) is 17.4 Å². The molecule has 0 radical (unpaired) electrons. The van der Waals surface area contributed by atoms with E-state index in [1.54, 1.807) is 48.8 Å². The van der Waals surface area contributed by atoms with E-state index in [4.69, 9.17) is 32.7 Å². The zero-order valence-electron chi connectivity index (χ0n) is 17.7. The normalized spacial score (nSPS) is 14.7. The van der Waals surface area contributed by atoms with Gasteiger partial charge in [0.2, 0.25) is 0 Å². The van der Waals surface area contributed by atoms with Gasteiger partial charge in [0.15, 0.2) is 0 Å². The van der Waals surface area contributed by atoms with E-state index < -0.39 is 0 Å². The summed E-state index contributed by atoms with van der Waals surface area (Å²) in [7, 11) is 0. The van der Waals surface area contributed by atoms with Crippen LogP contribution < -0.4 is 9.47 Å². The number of benzene rings is 2. The Balaban J connectivity index is 1.29. The topological polar surface area (TPSA) is 90.6 Å². The first kappa shape index (κ1) is 23.2. The molecule has 0 bridgehead atoms. The van der Waals surface area contributed by atoms with Gasteiger partial charge in [-0.2, -0.15) is 0 Å². The zero-order valence-corrected chi connectivity index (χ0v) is 19.2. The molecule has 1 aliphatic heterocycles. The predicted molar refractivity (Wildman–Crippen MR) is 125 cm³/mol. The van der Waals surface area contributed by atoms with Gasteiger partial charge in [-0.3, -0.25) is 15.0 Å². The molecule has 1 fully saturated rings. The number of hydrogen-bond acceptors (Lipinski definition) is 7. The maximum Gasteiger partial charge on any atom is 0.278 e. The number of nitrogens with zero attached hydrogens (tertiary/aromatic N) is 4. The van der Waals surface area contributed by atoms with Crippen LogP contribution in [0.15, 0.2) is 54.9 Å². The second-order valence-electron chi connectivity index (χ2n) is 7.72. The molecule has 0 saturated carbocycles. The van der Waals surface area contributed by atoms with Gasteiger partial charge >= 0.3 is 0 Å². The van der Waals surface area contributed by atoms with Crippen molar-refractivity contribution in [2.24, 2.45) is 0 Å². The van der Waals surface area contributed by atoms with E-state index in [1.807, 2.05) is 6.07 Å². The number of halogens is 2. The largest absolute Gasteiger partial charge is 0.470 e. The third-order valence-corrected chi connectivity index (χ3v) is 6.10. The summed E-state index contributed by atoms with van der Waals surface area (Å²) in [4.78, 5) is 21.3. The number of hydrogen-bond donors (Lipinski definition) is 0. The Kier molecular flexibility index (Phi) is 7.59. The monoisotopic (exact) mass is 488 g/mol. The summed E-state index contributed by atoms with van der Waals surface area (Å²) in [5.41, 5.74) is 2.01. The minimum atomic E-state index is -0.387. The molecule has 1 saturated heterocycles. The Morgan fingerprint density at radius 3 is 2.30 bits per heavy atom. The average Bonchev–Trinajstić information content (AvgIpc) is 2.82. The average molecular weight is 489 g/mol. The van der Waals surface area contributed by atoms with E-state index in [9.17, 15) is 10.1 Å². The number of nitro groups is 1. The fourth-order valence-electron chi connectivity index (χ4n) is 3.60. The number of ether oxygens (including phenoxy) is 2. The molecular formula is C23H22Cl2N4O4. The van der Waals surface area contributed by atoms with Crippen LogP contribution in [-0.4, -0.2) is 39.0 Å². The molecule has 10 heteroatoms. The molecule has 3 aromatic rings. The first-order valence-corrected chi connectivity index (χ1v) is 11.2. The molecule has 0 unspecified atom stereocenters. The van der Waals surface area contributed by atoms with Gasteiger partial charge in [0.05, 0.1) is 15.0 Å². The molecule has 1 aromatic heterocycles. The predicted octanol–water partition coefficient (Wildman–Crippen LogP) is 5.31. The molecule has 8 nitrogen and oxygen atoms in total. The lowest BCUT2D eigenvalue weighted by atomic mass is 10.1. The molecule has 4 rings (SSSR count). The third-order valence-electron chi connectivity index (χ3n) is 5.36. The number of aromatic nitrogens is 2. The molecule has 33 heavy (non-hydrogen) atoms. The van der Waals surface area contributed by atoms with Crippen molar-refractivity contribution in [1.29, 1.82) is 0 Å². The standard InChI is InChI=1S/C23H22Cl2N4O4/c24-20-6-3-17(13-21(20)25)15-32-22-23(27-10-9-26-22)33-19-7-11-28(12-8-19)14-16-1-4-18(5-2-16)29(30)31/h1-6,9-10,13,19H,7-8,11-12,14-15H2. The zero-order chi connectivity index (χ0) is 23.2. The maximum absolute atomic E-state index is 10.8. The van der Waals surface area contributed by atoms with Crippen molar-refractivity contribution >= 4 is 28.9 Å². The summed E-state index contributed by atoms with van der Waals surface area (Å²) >= 11 is 12.0. The van der Waals surface area contributed by atoms with E-state index in [2.05, 4.69) is 14.9 Å². The first-order chi connectivity index (χ1) is 16.0. The fourth-order valence-corrected chi connectivity index (χ4v) is 3.92. The lowest BCUT2D eigenvalue weighted by Crippen LogP contribution is -2.38. The molecule has 0 spiro atoms. The maximum atomic E-state index is 10.8. The van der Waals surface area contributed by atoms with Crippen molar-refractivity contribution in [3.63, 3.8) is 0 Å². The van der Waals surface area contributed by atoms with Crippen molar-refractivity contribution in [1.82, 2.24) is 14.9 Å². The van der Waals surface area contributed by atoms with Crippen molar-refractivity contribution in [2.45, 2.75) is 32.1 Å². The highest BCUT2D eigenvalue weighted by Gasteiger charge is 2.23. The molecule has 0 amide bonds. The highest BCUT2D eigenvalue weighted by Crippen LogP contribution is 2.27. The fraction of sp³-hybridized carbons (Fsp3) is 0.304. The van der Waals surface area contributed by atoms with Crippen LogP contribution in [0.3, 0.4) is 0 Å².